The molecular weight excluding hydrogens is 1690 g/mol. The summed E-state index contributed by atoms with van der Waals surface area (Å²) in [6.45, 7) is 49.6. The molecule has 0 saturated heterocycles. The Morgan fingerprint density at radius 2 is 0.588 bits per heavy atom. The second-order valence-corrected chi connectivity index (χ2v) is 49.8. The number of carbonyl (C=O) groups is 7. The summed E-state index contributed by atoms with van der Waals surface area (Å²) < 4.78 is 41.8. The lowest BCUT2D eigenvalue weighted by atomic mass is 9.63. The summed E-state index contributed by atoms with van der Waals surface area (Å²) in [4.78, 5) is 85.3. The Morgan fingerprint density at radius 3 is 0.956 bits per heavy atom. The van der Waals surface area contributed by atoms with Crippen LogP contribution in [0.15, 0.2) is 0 Å². The monoisotopic (exact) mass is 1920 g/mol. The molecule has 0 spiro atoms. The molecule has 12 bridgehead atoms. The first kappa shape index (κ1) is 128. The van der Waals surface area contributed by atoms with Crippen LogP contribution in [-0.4, -0.2) is 81.0 Å². The predicted molar refractivity (Wildman–Crippen MR) is 571 cm³/mol. The van der Waals surface area contributed by atoms with E-state index in [1.807, 2.05) is 83.1 Å². The average Bonchev–Trinajstić information content (AvgIpc) is 1.53. The van der Waals surface area contributed by atoms with Gasteiger partial charge in [0.05, 0.1) is 39.9 Å². The normalized spacial score (nSPS) is 39.2. The molecule has 33 unspecified atom stereocenters. The average molecular weight is 1920 g/mol. The highest BCUT2D eigenvalue weighted by Crippen LogP contribution is 2.72. The van der Waals surface area contributed by atoms with Crippen molar-refractivity contribution in [3.63, 3.8) is 0 Å². The topological polar surface area (TPSA) is 184 Å². The maximum absolute atomic E-state index is 12.4. The van der Waals surface area contributed by atoms with Gasteiger partial charge in [0, 0.05) is 29.6 Å². The summed E-state index contributed by atoms with van der Waals surface area (Å²) in [7, 11) is 0. The Kier molecular flexibility index (Phi) is 49.0. The highest BCUT2D eigenvalue weighted by Gasteiger charge is 2.69. The molecule has 0 heterocycles. The number of ether oxygens (including phenoxy) is 7. The number of rotatable bonds is 22. The van der Waals surface area contributed by atoms with Gasteiger partial charge in [0.25, 0.3) is 0 Å². The fourth-order valence-electron chi connectivity index (χ4n) is 30.9. The van der Waals surface area contributed by atoms with Crippen molar-refractivity contribution in [2.45, 2.75) is 569 Å². The highest BCUT2D eigenvalue weighted by atomic mass is 16.6. The molecule has 0 amide bonds. The SMILES string of the molecule is C.C.C.C.C.C.C.C.C.C.CCC(C)(C)C(=O)OC1(C)CC2CC1C1CCCC21.CCC(C)(C)C(=O)OC1(C)CC2CCC1C2.CCC(C)(C)C(=O)OC1(C)CCCC2CCCCC21.CCC(C)C(=O)OC1(C)CC2CC1C1CCCC21.CCC(C)C(=O)OC1(C)CC2CCC1C2.CCC(C)C(=O)OC1(C)CCCC2CCCCC21.CCC(C)C(=O)OC1(CC)CC2CC1C1C3CCC(C3)C21. The molecule has 18 aliphatic carbocycles. The van der Waals surface area contributed by atoms with Gasteiger partial charge >= 0.3 is 41.8 Å². The van der Waals surface area contributed by atoms with Gasteiger partial charge in [-0.15, -0.1) is 0 Å². The number of carbonyl (C=O) groups excluding carboxylic acids is 7. The first-order valence-corrected chi connectivity index (χ1v) is 54.0. The molecule has 18 rings (SSSR count). The lowest BCUT2D eigenvalue weighted by Crippen LogP contribution is -2.49. The fourth-order valence-corrected chi connectivity index (χ4v) is 30.9. The first-order chi connectivity index (χ1) is 59.4. The van der Waals surface area contributed by atoms with Gasteiger partial charge in [-0.1, -0.05) is 209 Å². The summed E-state index contributed by atoms with van der Waals surface area (Å²) in [6.07, 6.45) is 55.1. The summed E-state index contributed by atoms with van der Waals surface area (Å²) in [5.74, 6) is 18.1. The molecule has 136 heavy (non-hydrogen) atoms. The van der Waals surface area contributed by atoms with Crippen LogP contribution >= 0.6 is 0 Å². The minimum absolute atomic E-state index is 0. The number of fused-ring (bicyclic) bond motifs is 25. The quantitative estimate of drug-likeness (QED) is 0.0566. The molecule has 0 radical (unpaired) electrons. The Morgan fingerprint density at radius 1 is 0.272 bits per heavy atom. The maximum atomic E-state index is 12.4. The smallest absolute Gasteiger partial charge is 0.312 e. The van der Waals surface area contributed by atoms with Crippen molar-refractivity contribution in [1.82, 2.24) is 0 Å². The Hall–Kier alpha value is -3.71. The van der Waals surface area contributed by atoms with E-state index in [4.69, 9.17) is 33.2 Å². The lowest BCUT2D eigenvalue weighted by molar-refractivity contribution is -0.185. The maximum Gasteiger partial charge on any atom is 0.312 e. The van der Waals surface area contributed by atoms with Gasteiger partial charge in [0.15, 0.2) is 0 Å². The van der Waals surface area contributed by atoms with E-state index in [9.17, 15) is 33.6 Å². The molecule has 0 aromatic carbocycles. The van der Waals surface area contributed by atoms with Gasteiger partial charge in [-0.05, 0) is 421 Å². The molecule has 14 heteroatoms. The van der Waals surface area contributed by atoms with Crippen LogP contribution in [0.5, 0.6) is 0 Å². The minimum atomic E-state index is -0.343. The van der Waals surface area contributed by atoms with Crippen molar-refractivity contribution in [2.75, 3.05) is 0 Å². The van der Waals surface area contributed by atoms with Crippen molar-refractivity contribution in [1.29, 1.82) is 0 Å². The van der Waals surface area contributed by atoms with Crippen LogP contribution in [0.1, 0.15) is 529 Å². The summed E-state index contributed by atoms with van der Waals surface area (Å²) in [6, 6.07) is 0. The highest BCUT2D eigenvalue weighted by molar-refractivity contribution is 5.78. The van der Waals surface area contributed by atoms with Crippen molar-refractivity contribution in [3.8, 4) is 0 Å². The van der Waals surface area contributed by atoms with Crippen LogP contribution in [0.25, 0.3) is 0 Å². The molecule has 800 valence electrons. The van der Waals surface area contributed by atoms with Crippen molar-refractivity contribution >= 4 is 41.8 Å². The largest absolute Gasteiger partial charge is 0.459 e. The van der Waals surface area contributed by atoms with Crippen molar-refractivity contribution in [2.24, 2.45) is 170 Å². The molecule has 0 N–H and O–H groups in total. The third-order valence-electron chi connectivity index (χ3n) is 40.7. The molecule has 0 aromatic rings. The standard InChI is InChI=1S/C19H30O2.C17H28O2.C17H30O2.C16H26O2.C16H28O2.C14H24O2.C13H22O2.10CH4/c1-4-11(3)18(20)21-19(5-2)10-14-9-15(19)17-13-7-6-12(8-13)16(14)17;1-5-16(2,3)15(18)19-17(4)10-11-9-14(17)13-8-6-7-12(11)13;1-5-16(2,3)15(18)19-17(4)12-8-10-13-9-6-7-11-14(13)17;1-4-10(2)15(17)18-16(3)9-11-8-14(16)13-7-5-6-12(11)13;1-4-12(2)15(17)18-16(3)11-7-9-13-8-5-6-10-14(13)16;1-5-13(2,3)12(15)16-14(4)9-10-6-7-11(14)8-10;1-4-9(2)12(14)15-13(3)8-10-5-6-11(13)7-10;;;;;;;;;;/h11-17H,4-10H2,1-3H3;11-14H,5-10H2,1-4H3;13-14H,5-12H2,1-4H3;10-14H,4-9H2,1-3H3;12-14H,4-11H2,1-3H3;10-11H,5-9H2,1-4H3;9-11H,4-8H2,1-3H3;10*1H4. The van der Waals surface area contributed by atoms with E-state index in [1.54, 1.807) is 0 Å². The Bertz CT molecular complexity index is 3670. The van der Waals surface area contributed by atoms with E-state index in [0.717, 1.165) is 179 Å². The molecule has 18 aliphatic rings. The van der Waals surface area contributed by atoms with E-state index in [-0.39, 0.29) is 195 Å². The third-order valence-corrected chi connectivity index (χ3v) is 40.7. The molecule has 33 atom stereocenters. The zero-order chi connectivity index (χ0) is 91.8. The van der Waals surface area contributed by atoms with E-state index < -0.39 is 0 Å². The van der Waals surface area contributed by atoms with Gasteiger partial charge in [-0.25, -0.2) is 0 Å². The predicted octanol–water partition coefficient (Wildman–Crippen LogP) is 34.5. The number of esters is 7. The van der Waals surface area contributed by atoms with E-state index in [0.29, 0.717) is 41.4 Å². The summed E-state index contributed by atoms with van der Waals surface area (Å²) >= 11 is 0. The third kappa shape index (κ3) is 27.1. The van der Waals surface area contributed by atoms with Crippen molar-refractivity contribution < 1.29 is 66.7 Å². The second kappa shape index (κ2) is 51.9. The summed E-state index contributed by atoms with van der Waals surface area (Å²) in [5.41, 5.74) is -2.09. The van der Waals surface area contributed by atoms with Crippen LogP contribution in [0.3, 0.4) is 0 Å². The van der Waals surface area contributed by atoms with Crippen LogP contribution in [0.4, 0.5) is 0 Å². The van der Waals surface area contributed by atoms with Crippen LogP contribution in [-0.2, 0) is 66.7 Å². The zero-order valence-corrected chi connectivity index (χ0v) is 85.0. The molecule has 0 aromatic heterocycles. The Labute approximate surface area is 842 Å². The van der Waals surface area contributed by atoms with Gasteiger partial charge in [0.1, 0.15) is 39.2 Å². The molecule has 18 fully saturated rings. The van der Waals surface area contributed by atoms with E-state index >= 15 is 0 Å². The Balaban J connectivity index is 0.000000531. The second-order valence-electron chi connectivity index (χ2n) is 49.8. The van der Waals surface area contributed by atoms with Gasteiger partial charge in [-0.2, -0.15) is 0 Å². The molecule has 18 saturated carbocycles. The van der Waals surface area contributed by atoms with E-state index in [1.165, 1.54) is 199 Å². The fraction of sp³-hybridized carbons (Fsp3) is 0.943. The lowest BCUT2D eigenvalue weighted by Gasteiger charge is -2.48. The van der Waals surface area contributed by atoms with Crippen LogP contribution in [0.2, 0.25) is 0 Å². The van der Waals surface area contributed by atoms with Crippen molar-refractivity contribution in [3.05, 3.63) is 0 Å². The van der Waals surface area contributed by atoms with E-state index in [2.05, 4.69) is 83.1 Å². The van der Waals surface area contributed by atoms with Gasteiger partial charge in [0.2, 0.25) is 0 Å². The van der Waals surface area contributed by atoms with Gasteiger partial charge < -0.3 is 33.2 Å². The summed E-state index contributed by atoms with van der Waals surface area (Å²) in [5, 5.41) is 0. The first-order valence-electron chi connectivity index (χ1n) is 54.0. The minimum Gasteiger partial charge on any atom is -0.459 e. The molecular formula is C122H228O14. The zero-order valence-electron chi connectivity index (χ0n) is 85.0. The number of hydrogen-bond acceptors (Lipinski definition) is 14. The molecule has 0 aliphatic heterocycles. The van der Waals surface area contributed by atoms with Crippen LogP contribution in [0, 0.1) is 170 Å². The van der Waals surface area contributed by atoms with Crippen LogP contribution < -0.4 is 0 Å². The molecule has 14 nitrogen and oxygen atoms in total. The number of hydrogen-bond donors (Lipinski definition) is 0. The van der Waals surface area contributed by atoms with Gasteiger partial charge in [-0.3, -0.25) is 33.6 Å².